The lowest BCUT2D eigenvalue weighted by Gasteiger charge is -2.42. The van der Waals surface area contributed by atoms with Crippen LogP contribution < -0.4 is 0 Å². The molecule has 0 aliphatic carbocycles. The number of rotatable bonds is 10. The van der Waals surface area contributed by atoms with Crippen molar-refractivity contribution < 1.29 is 23.7 Å². The molecule has 2 heterocycles. The van der Waals surface area contributed by atoms with Crippen LogP contribution in [0.2, 0.25) is 0 Å². The van der Waals surface area contributed by atoms with E-state index in [1.54, 1.807) is 0 Å². The van der Waals surface area contributed by atoms with Crippen molar-refractivity contribution in [3.63, 3.8) is 0 Å². The summed E-state index contributed by atoms with van der Waals surface area (Å²) < 4.78 is 29.3. The third kappa shape index (κ3) is 7.07. The van der Waals surface area contributed by atoms with Crippen LogP contribution in [0.1, 0.15) is 16.7 Å². The van der Waals surface area contributed by atoms with E-state index in [0.717, 1.165) is 16.7 Å². The van der Waals surface area contributed by atoms with Crippen LogP contribution in [0.15, 0.2) is 96.0 Å². The molecular formula is C29H28Cl3NO5. The van der Waals surface area contributed by atoms with Crippen LogP contribution in [-0.4, -0.2) is 46.9 Å². The first-order valence-electron chi connectivity index (χ1n) is 12.4. The van der Waals surface area contributed by atoms with E-state index < -0.39 is 34.4 Å². The Bertz CT molecular complexity index is 1180. The minimum Gasteiger partial charge on any atom is -0.445 e. The van der Waals surface area contributed by atoms with Gasteiger partial charge in [0.25, 0.3) is 3.79 Å². The zero-order valence-corrected chi connectivity index (χ0v) is 22.8. The molecule has 6 nitrogen and oxygen atoms in total. The van der Waals surface area contributed by atoms with E-state index in [2.05, 4.69) is 4.99 Å². The summed E-state index contributed by atoms with van der Waals surface area (Å²) in [5.74, 6) is -0.0292. The van der Waals surface area contributed by atoms with Crippen LogP contribution in [-0.2, 0) is 43.5 Å². The first-order chi connectivity index (χ1) is 18.5. The standard InChI is InChI=1S/C29H28Cl3NO5/c30-29(31,32)28-33-24-26(36-18-22-14-8-3-9-15-22)25(35-17-21-12-6-2-7-13-21)23(37-27(24)38-28)19-34-16-20-10-4-1-5-11-20/h1-15,23-27H,16-19H2/t23-,24-,25+,26-,27-/m1/s1. The summed E-state index contributed by atoms with van der Waals surface area (Å²) in [4.78, 5) is 4.57. The highest BCUT2D eigenvalue weighted by molar-refractivity contribution is 6.76. The van der Waals surface area contributed by atoms with Gasteiger partial charge in [-0.3, -0.25) is 0 Å². The van der Waals surface area contributed by atoms with Crippen LogP contribution >= 0.6 is 34.8 Å². The van der Waals surface area contributed by atoms with Gasteiger partial charge in [-0.25, -0.2) is 4.99 Å². The Morgan fingerprint density at radius 2 is 1.18 bits per heavy atom. The van der Waals surface area contributed by atoms with Crippen molar-refractivity contribution in [2.45, 2.75) is 54.3 Å². The SMILES string of the molecule is ClC(Cl)(Cl)C1=N[C@H]2[C@@H](O1)O[C@H](COCc1ccccc1)[C@H](OCc1ccccc1)[C@@H]2OCc1ccccc1. The molecule has 0 aromatic heterocycles. The van der Waals surface area contributed by atoms with Gasteiger partial charge in [0.2, 0.25) is 12.2 Å². The quantitative estimate of drug-likeness (QED) is 0.267. The van der Waals surface area contributed by atoms with Gasteiger partial charge in [-0.2, -0.15) is 0 Å². The Kier molecular flexibility index (Phi) is 9.23. The second-order valence-corrected chi connectivity index (χ2v) is 11.4. The van der Waals surface area contributed by atoms with Crippen LogP contribution in [0.4, 0.5) is 0 Å². The van der Waals surface area contributed by atoms with Crippen molar-refractivity contribution in [2.75, 3.05) is 6.61 Å². The number of aliphatic imine (C=N–C) groups is 1. The minimum absolute atomic E-state index is 0.0292. The molecule has 5 rings (SSSR count). The van der Waals surface area contributed by atoms with Gasteiger partial charge < -0.3 is 23.7 Å². The molecular weight excluding hydrogens is 549 g/mol. The van der Waals surface area contributed by atoms with Crippen molar-refractivity contribution >= 4 is 40.7 Å². The van der Waals surface area contributed by atoms with Crippen LogP contribution in [0.3, 0.4) is 0 Å². The van der Waals surface area contributed by atoms with E-state index in [1.165, 1.54) is 0 Å². The van der Waals surface area contributed by atoms with Crippen LogP contribution in [0, 0.1) is 0 Å². The molecule has 1 saturated heterocycles. The predicted molar refractivity (Wildman–Crippen MR) is 147 cm³/mol. The summed E-state index contributed by atoms with van der Waals surface area (Å²) in [6, 6.07) is 29.1. The Balaban J connectivity index is 1.38. The fourth-order valence-electron chi connectivity index (χ4n) is 4.47. The van der Waals surface area contributed by atoms with Gasteiger partial charge in [0.05, 0.1) is 26.4 Å². The van der Waals surface area contributed by atoms with E-state index >= 15 is 0 Å². The average Bonchev–Trinajstić information content (AvgIpc) is 3.37. The van der Waals surface area contributed by atoms with E-state index in [1.807, 2.05) is 91.0 Å². The zero-order chi connectivity index (χ0) is 26.4. The molecule has 3 aromatic carbocycles. The average molecular weight is 577 g/mol. The number of fused-ring (bicyclic) bond motifs is 1. The summed E-state index contributed by atoms with van der Waals surface area (Å²) in [6.45, 7) is 1.37. The lowest BCUT2D eigenvalue weighted by Crippen LogP contribution is -2.59. The van der Waals surface area contributed by atoms with Crippen molar-refractivity contribution in [2.24, 2.45) is 4.99 Å². The minimum atomic E-state index is -1.83. The van der Waals surface area contributed by atoms with Crippen molar-refractivity contribution in [3.05, 3.63) is 108 Å². The number of hydrogen-bond acceptors (Lipinski definition) is 6. The normalized spacial score (nSPS) is 24.9. The van der Waals surface area contributed by atoms with Gasteiger partial charge in [0.15, 0.2) is 0 Å². The molecule has 2 aliphatic heterocycles. The van der Waals surface area contributed by atoms with Crippen molar-refractivity contribution in [3.8, 4) is 0 Å². The molecule has 0 saturated carbocycles. The van der Waals surface area contributed by atoms with Crippen molar-refractivity contribution in [1.29, 1.82) is 0 Å². The van der Waals surface area contributed by atoms with Gasteiger partial charge in [0.1, 0.15) is 24.4 Å². The fraction of sp³-hybridized carbons (Fsp3) is 0.345. The third-order valence-corrected chi connectivity index (χ3v) is 6.80. The number of benzene rings is 3. The molecule has 9 heteroatoms. The van der Waals surface area contributed by atoms with Gasteiger partial charge in [-0.15, -0.1) is 0 Å². The largest absolute Gasteiger partial charge is 0.445 e. The second-order valence-electron chi connectivity index (χ2n) is 9.11. The maximum atomic E-state index is 6.46. The van der Waals surface area contributed by atoms with E-state index in [0.29, 0.717) is 19.8 Å². The molecule has 3 aromatic rings. The Morgan fingerprint density at radius 1 is 0.684 bits per heavy atom. The van der Waals surface area contributed by atoms with E-state index in [4.69, 9.17) is 58.5 Å². The molecule has 0 bridgehead atoms. The summed E-state index contributed by atoms with van der Waals surface area (Å²) in [7, 11) is 0. The summed E-state index contributed by atoms with van der Waals surface area (Å²) in [5.41, 5.74) is 3.09. The van der Waals surface area contributed by atoms with Gasteiger partial charge in [-0.05, 0) is 16.7 Å². The third-order valence-electron chi connectivity index (χ3n) is 6.32. The molecule has 38 heavy (non-hydrogen) atoms. The second kappa shape index (κ2) is 12.8. The van der Waals surface area contributed by atoms with Crippen LogP contribution in [0.25, 0.3) is 0 Å². The molecule has 0 amide bonds. The fourth-order valence-corrected chi connectivity index (χ4v) is 4.75. The highest BCUT2D eigenvalue weighted by Gasteiger charge is 2.54. The first-order valence-corrected chi connectivity index (χ1v) is 13.5. The van der Waals surface area contributed by atoms with Crippen molar-refractivity contribution in [1.82, 2.24) is 0 Å². The lowest BCUT2D eigenvalue weighted by atomic mass is 9.97. The molecule has 0 N–H and O–H groups in total. The number of halogens is 3. The highest BCUT2D eigenvalue weighted by atomic mass is 35.6. The molecule has 1 fully saturated rings. The first kappa shape index (κ1) is 27.4. The number of alkyl halides is 3. The Hall–Kier alpha value is -2.16. The van der Waals surface area contributed by atoms with Gasteiger partial charge in [-0.1, -0.05) is 126 Å². The molecule has 0 spiro atoms. The maximum Gasteiger partial charge on any atom is 0.266 e. The summed E-state index contributed by atoms with van der Waals surface area (Å²) >= 11 is 18.3. The number of hydrogen-bond donors (Lipinski definition) is 0. The highest BCUT2D eigenvalue weighted by Crippen LogP contribution is 2.39. The topological polar surface area (TPSA) is 58.5 Å². The van der Waals surface area contributed by atoms with E-state index in [9.17, 15) is 0 Å². The number of ether oxygens (including phenoxy) is 5. The lowest BCUT2D eigenvalue weighted by molar-refractivity contribution is -0.261. The molecule has 0 radical (unpaired) electrons. The summed E-state index contributed by atoms with van der Waals surface area (Å²) in [5, 5.41) is 0. The summed E-state index contributed by atoms with van der Waals surface area (Å²) in [6.07, 6.45) is -2.40. The molecule has 200 valence electrons. The molecule has 0 unspecified atom stereocenters. The van der Waals surface area contributed by atoms with Gasteiger partial charge >= 0.3 is 0 Å². The maximum absolute atomic E-state index is 6.46. The van der Waals surface area contributed by atoms with Gasteiger partial charge in [0, 0.05) is 0 Å². The molecule has 5 atom stereocenters. The monoisotopic (exact) mass is 575 g/mol. The predicted octanol–water partition coefficient (Wildman–Crippen LogP) is 6.27. The zero-order valence-electron chi connectivity index (χ0n) is 20.5. The number of nitrogens with zero attached hydrogens (tertiary/aromatic N) is 1. The Morgan fingerprint density at radius 3 is 1.71 bits per heavy atom. The smallest absolute Gasteiger partial charge is 0.266 e. The van der Waals surface area contributed by atoms with E-state index in [-0.39, 0.29) is 12.5 Å². The molecule has 2 aliphatic rings. The van der Waals surface area contributed by atoms with Crippen LogP contribution in [0.5, 0.6) is 0 Å². The Labute approximate surface area is 237 Å².